The number of fused-ring (bicyclic) bond motifs is 2. The van der Waals surface area contributed by atoms with Crippen molar-refractivity contribution in [2.75, 3.05) is 66.1 Å². The Labute approximate surface area is 338 Å². The first-order valence-electron chi connectivity index (χ1n) is 19.0. The summed E-state index contributed by atoms with van der Waals surface area (Å²) in [7, 11) is 1.77. The lowest BCUT2D eigenvalue weighted by molar-refractivity contribution is -0.143. The van der Waals surface area contributed by atoms with Gasteiger partial charge in [0.05, 0.1) is 40.9 Å². The zero-order chi connectivity index (χ0) is 41.2. The van der Waals surface area contributed by atoms with Gasteiger partial charge in [0.2, 0.25) is 5.91 Å². The number of hydrogen-bond acceptors (Lipinski definition) is 6. The molecule has 2 aliphatic heterocycles. The van der Waals surface area contributed by atoms with Gasteiger partial charge in [-0.2, -0.15) is 26.3 Å². The summed E-state index contributed by atoms with van der Waals surface area (Å²) < 4.78 is 88.7. The number of nitrogens with zero attached hydrogens (tertiary/aromatic N) is 3. The molecule has 2 atom stereocenters. The van der Waals surface area contributed by atoms with Crippen LogP contribution in [0.15, 0.2) is 60.7 Å². The van der Waals surface area contributed by atoms with Gasteiger partial charge in [-0.25, -0.2) is 0 Å². The minimum atomic E-state index is -5.11. The normalized spacial score (nSPS) is 21.2. The average Bonchev–Trinajstić information content (AvgIpc) is 3.48. The highest BCUT2D eigenvalue weighted by Crippen LogP contribution is 2.47. The fourth-order valence-corrected chi connectivity index (χ4v) is 8.88. The number of carbonyl (C=O) groups excluding carboxylic acids is 2. The van der Waals surface area contributed by atoms with Crippen molar-refractivity contribution in [2.45, 2.75) is 67.9 Å². The van der Waals surface area contributed by atoms with Gasteiger partial charge in [0.15, 0.2) is 0 Å². The summed E-state index contributed by atoms with van der Waals surface area (Å²) in [5.74, 6) is -0.995. The zero-order valence-electron chi connectivity index (χ0n) is 31.5. The molecule has 0 radical (unpaired) electrons. The van der Waals surface area contributed by atoms with Crippen LogP contribution < -0.4 is 5.32 Å². The summed E-state index contributed by atoms with van der Waals surface area (Å²) >= 11 is 12.7. The SMILES string of the molecule is CN(CCCCO)C(=O)CNC1Cc2ccccc2C12CCN(CC[C@@]1(c3ccc(Cl)c(Cl)c3)CN(C(=O)c3cc(C(F)(F)F)cc(C(F)(F)F)c3)CCO1)CC2. The number of carbonyl (C=O) groups is 2. The molecule has 2 amide bonds. The van der Waals surface area contributed by atoms with E-state index in [1.165, 1.54) is 16.0 Å². The lowest BCUT2D eigenvalue weighted by Crippen LogP contribution is -2.55. The Hall–Kier alpha value is -3.40. The number of benzene rings is 3. The maximum atomic E-state index is 13.8. The van der Waals surface area contributed by atoms with Crippen molar-refractivity contribution < 1.29 is 45.8 Å². The third-order valence-corrected chi connectivity index (χ3v) is 12.5. The number of piperidine rings is 1. The second-order valence-electron chi connectivity index (χ2n) is 15.3. The Morgan fingerprint density at radius 2 is 1.61 bits per heavy atom. The second kappa shape index (κ2) is 17.4. The van der Waals surface area contributed by atoms with E-state index < -0.39 is 40.6 Å². The van der Waals surface area contributed by atoms with Crippen molar-refractivity contribution >= 4 is 35.0 Å². The fraction of sp³-hybridized carbons (Fsp3) is 0.512. The van der Waals surface area contributed by atoms with Crippen molar-refractivity contribution in [1.29, 1.82) is 0 Å². The number of alkyl halides is 6. The summed E-state index contributed by atoms with van der Waals surface area (Å²) in [6, 6.07) is 14.2. The van der Waals surface area contributed by atoms with Gasteiger partial charge >= 0.3 is 12.4 Å². The molecule has 2 N–H and O–H groups in total. The van der Waals surface area contributed by atoms with Gasteiger partial charge < -0.3 is 29.9 Å². The lowest BCUT2D eigenvalue weighted by Gasteiger charge is -2.47. The van der Waals surface area contributed by atoms with E-state index in [2.05, 4.69) is 22.3 Å². The molecule has 3 aromatic rings. The van der Waals surface area contributed by atoms with Crippen LogP contribution in [0.25, 0.3) is 0 Å². The Morgan fingerprint density at radius 3 is 2.26 bits per heavy atom. The van der Waals surface area contributed by atoms with Crippen molar-refractivity contribution in [3.05, 3.63) is 104 Å². The Kier molecular flexibility index (Phi) is 13.2. The lowest BCUT2D eigenvalue weighted by atomic mass is 9.71. The third-order valence-electron chi connectivity index (χ3n) is 11.8. The molecule has 2 saturated heterocycles. The molecular weight excluding hydrogens is 797 g/mol. The Balaban J connectivity index is 1.20. The predicted molar refractivity (Wildman–Crippen MR) is 204 cm³/mol. The second-order valence-corrected chi connectivity index (χ2v) is 16.1. The number of likely N-dealkylation sites (N-methyl/N-ethyl adjacent to an activating group) is 1. The molecule has 1 unspecified atom stereocenters. The highest BCUT2D eigenvalue weighted by atomic mass is 35.5. The van der Waals surface area contributed by atoms with Crippen molar-refractivity contribution in [3.63, 3.8) is 0 Å². The van der Waals surface area contributed by atoms with E-state index in [4.69, 9.17) is 33.0 Å². The maximum Gasteiger partial charge on any atom is 0.416 e. The quantitative estimate of drug-likeness (QED) is 0.145. The molecule has 2 heterocycles. The van der Waals surface area contributed by atoms with E-state index in [0.717, 1.165) is 25.7 Å². The minimum Gasteiger partial charge on any atom is -0.396 e. The van der Waals surface area contributed by atoms with Gasteiger partial charge in [0, 0.05) is 50.3 Å². The highest BCUT2D eigenvalue weighted by molar-refractivity contribution is 6.42. The number of rotatable bonds is 12. The van der Waals surface area contributed by atoms with Crippen molar-refractivity contribution in [3.8, 4) is 0 Å². The molecule has 2 fully saturated rings. The van der Waals surface area contributed by atoms with Gasteiger partial charge in [-0.1, -0.05) is 53.5 Å². The van der Waals surface area contributed by atoms with Crippen molar-refractivity contribution in [1.82, 2.24) is 20.0 Å². The van der Waals surface area contributed by atoms with E-state index in [-0.39, 0.29) is 66.3 Å². The van der Waals surface area contributed by atoms with E-state index in [0.29, 0.717) is 56.7 Å². The van der Waals surface area contributed by atoms with Crippen LogP contribution in [-0.4, -0.2) is 104 Å². The molecule has 1 aliphatic carbocycles. The number of aliphatic hydroxyl groups excluding tert-OH is 1. The topological polar surface area (TPSA) is 85.4 Å². The maximum absolute atomic E-state index is 13.8. The largest absolute Gasteiger partial charge is 0.416 e. The number of unbranched alkanes of at least 4 members (excludes halogenated alkanes) is 1. The predicted octanol–water partition coefficient (Wildman–Crippen LogP) is 7.57. The van der Waals surface area contributed by atoms with Gasteiger partial charge in [-0.05, 0) is 98.6 Å². The summed E-state index contributed by atoms with van der Waals surface area (Å²) in [6.45, 7) is 2.50. The van der Waals surface area contributed by atoms with Crippen LogP contribution in [0.1, 0.15) is 70.3 Å². The van der Waals surface area contributed by atoms with Crippen LogP contribution in [0.4, 0.5) is 26.3 Å². The van der Waals surface area contributed by atoms with Gasteiger partial charge in [-0.3, -0.25) is 9.59 Å². The summed E-state index contributed by atoms with van der Waals surface area (Å²) in [6.07, 6.45) is -6.16. The van der Waals surface area contributed by atoms with Gasteiger partial charge in [0.25, 0.3) is 5.91 Å². The molecule has 310 valence electrons. The third kappa shape index (κ3) is 9.57. The van der Waals surface area contributed by atoms with Crippen LogP contribution in [0.2, 0.25) is 10.0 Å². The van der Waals surface area contributed by atoms with E-state index >= 15 is 0 Å². The van der Waals surface area contributed by atoms with Crippen LogP contribution in [-0.2, 0) is 39.3 Å². The molecule has 16 heteroatoms. The summed E-state index contributed by atoms with van der Waals surface area (Å²) in [5.41, 5.74) is -2.19. The molecule has 6 rings (SSSR count). The minimum absolute atomic E-state index is 0.00200. The van der Waals surface area contributed by atoms with E-state index in [9.17, 15) is 35.9 Å². The monoisotopic (exact) mass is 842 g/mol. The van der Waals surface area contributed by atoms with Crippen LogP contribution in [0, 0.1) is 0 Å². The highest BCUT2D eigenvalue weighted by Gasteiger charge is 2.49. The molecular formula is C41H46Cl2F6N4O4. The van der Waals surface area contributed by atoms with Gasteiger partial charge in [0.1, 0.15) is 5.60 Å². The van der Waals surface area contributed by atoms with Crippen molar-refractivity contribution in [2.24, 2.45) is 0 Å². The number of halogens is 8. The van der Waals surface area contributed by atoms with Crippen LogP contribution >= 0.6 is 23.2 Å². The molecule has 0 bridgehead atoms. The number of morpholine rings is 1. The first-order valence-corrected chi connectivity index (χ1v) is 19.8. The molecule has 57 heavy (non-hydrogen) atoms. The van der Waals surface area contributed by atoms with Crippen LogP contribution in [0.3, 0.4) is 0 Å². The Morgan fingerprint density at radius 1 is 0.930 bits per heavy atom. The van der Waals surface area contributed by atoms with Crippen LogP contribution in [0.5, 0.6) is 0 Å². The molecule has 0 aromatic heterocycles. The molecule has 1 spiro atoms. The number of ether oxygens (including phenoxy) is 1. The molecule has 3 aromatic carbocycles. The van der Waals surface area contributed by atoms with E-state index in [1.807, 2.05) is 12.1 Å². The smallest absolute Gasteiger partial charge is 0.396 e. The first-order chi connectivity index (χ1) is 27.0. The number of nitrogens with one attached hydrogen (secondary N) is 1. The first kappa shape index (κ1) is 43.2. The number of amides is 2. The fourth-order valence-electron chi connectivity index (χ4n) is 8.59. The average molecular weight is 844 g/mol. The summed E-state index contributed by atoms with van der Waals surface area (Å²) in [4.78, 5) is 32.0. The van der Waals surface area contributed by atoms with Gasteiger partial charge in [-0.15, -0.1) is 0 Å². The molecule has 3 aliphatic rings. The standard InChI is InChI=1S/C41H46Cl2F6N4O4/c1-51(13-4-5-18-54)36(55)25-50-35-22-27-6-2-3-7-32(27)38(35)10-14-52(15-11-38)16-12-39(29-8-9-33(42)34(43)24-29)26-53(17-19-57-39)37(56)28-20-30(40(44,45)46)23-31(21-28)41(47,48)49/h2-3,6-9,20-21,23-24,35,50,54H,4-5,10-19,22,25-26H2,1H3/t35?,39-/m0/s1. The summed E-state index contributed by atoms with van der Waals surface area (Å²) in [5, 5.41) is 13.2. The number of aliphatic hydroxyl groups is 1. The molecule has 8 nitrogen and oxygen atoms in total. The molecule has 0 saturated carbocycles. The number of likely N-dealkylation sites (tertiary alicyclic amines) is 1. The number of hydrogen-bond donors (Lipinski definition) is 2. The zero-order valence-corrected chi connectivity index (χ0v) is 33.0. The Bertz CT molecular complexity index is 1890. The van der Waals surface area contributed by atoms with E-state index in [1.54, 1.807) is 30.1 Å².